The summed E-state index contributed by atoms with van der Waals surface area (Å²) in [7, 11) is 1.82. The van der Waals surface area contributed by atoms with Crippen LogP contribution in [0.15, 0.2) is 53.6 Å². The first kappa shape index (κ1) is 22.4. The van der Waals surface area contributed by atoms with E-state index >= 15 is 4.39 Å². The highest BCUT2D eigenvalue weighted by molar-refractivity contribution is 5.90. The predicted octanol–water partition coefficient (Wildman–Crippen LogP) is 3.55. The van der Waals surface area contributed by atoms with Crippen LogP contribution in [0.1, 0.15) is 42.8 Å². The average Bonchev–Trinajstić information content (AvgIpc) is 3.56. The van der Waals surface area contributed by atoms with E-state index in [1.54, 1.807) is 46.0 Å². The molecule has 0 saturated carbocycles. The fourth-order valence-corrected chi connectivity index (χ4v) is 3.56. The summed E-state index contributed by atoms with van der Waals surface area (Å²) >= 11 is 0. The van der Waals surface area contributed by atoms with Gasteiger partial charge in [0.1, 0.15) is 5.82 Å². The number of halogens is 1. The molecule has 0 atom stereocenters. The SMILES string of the molecule is Cn1cc(-c2cn3nccc3c(-c3ccc(CNC(=O)c4noc(C(C)(C)C)n4)cc3F)n2)cn1. The van der Waals surface area contributed by atoms with Crippen LogP contribution in [0.4, 0.5) is 4.39 Å². The van der Waals surface area contributed by atoms with Crippen LogP contribution < -0.4 is 5.32 Å². The minimum absolute atomic E-state index is 0.0634. The molecule has 5 rings (SSSR count). The Hall–Kier alpha value is -4.41. The van der Waals surface area contributed by atoms with Crippen molar-refractivity contribution in [2.75, 3.05) is 0 Å². The second-order valence-corrected chi connectivity index (χ2v) is 9.21. The molecule has 0 bridgehead atoms. The molecule has 178 valence electrons. The Bertz CT molecular complexity index is 1540. The first-order chi connectivity index (χ1) is 16.7. The van der Waals surface area contributed by atoms with Crippen molar-refractivity contribution in [2.45, 2.75) is 32.7 Å². The van der Waals surface area contributed by atoms with Gasteiger partial charge < -0.3 is 9.84 Å². The van der Waals surface area contributed by atoms with Crippen molar-refractivity contribution < 1.29 is 13.7 Å². The molecule has 11 heteroatoms. The molecule has 0 unspecified atom stereocenters. The molecule has 0 radical (unpaired) electrons. The number of nitrogens with one attached hydrogen (secondary N) is 1. The number of carbonyl (C=O) groups excluding carboxylic acids is 1. The molecule has 10 nitrogen and oxygen atoms in total. The standard InChI is InChI=1S/C24H23FN8O2/c1-24(2,3)23-30-21(31-35-23)22(34)26-10-14-5-6-16(17(25)9-14)20-19-7-8-27-33(19)13-18(29-20)15-11-28-32(4)12-15/h5-9,11-13H,10H2,1-4H3,(H,26,34). The van der Waals surface area contributed by atoms with Gasteiger partial charge in [-0.15, -0.1) is 0 Å². The van der Waals surface area contributed by atoms with E-state index < -0.39 is 11.7 Å². The fourth-order valence-electron chi connectivity index (χ4n) is 3.56. The largest absolute Gasteiger partial charge is 0.345 e. The van der Waals surface area contributed by atoms with Crippen molar-refractivity contribution in [1.82, 2.24) is 39.8 Å². The normalized spacial score (nSPS) is 11.8. The third kappa shape index (κ3) is 4.39. The third-order valence-corrected chi connectivity index (χ3v) is 5.40. The second kappa shape index (κ2) is 8.42. The van der Waals surface area contributed by atoms with Crippen LogP contribution in [0.5, 0.6) is 0 Å². The minimum atomic E-state index is -0.499. The summed E-state index contributed by atoms with van der Waals surface area (Å²) in [6.07, 6.45) is 6.94. The maximum absolute atomic E-state index is 15.3. The molecule has 1 amide bonds. The molecule has 0 spiro atoms. The van der Waals surface area contributed by atoms with Crippen molar-refractivity contribution in [3.8, 4) is 22.5 Å². The van der Waals surface area contributed by atoms with E-state index in [1.165, 1.54) is 6.07 Å². The third-order valence-electron chi connectivity index (χ3n) is 5.40. The van der Waals surface area contributed by atoms with E-state index in [4.69, 9.17) is 9.51 Å². The van der Waals surface area contributed by atoms with Gasteiger partial charge in [0.25, 0.3) is 11.7 Å². The van der Waals surface area contributed by atoms with Crippen molar-refractivity contribution in [2.24, 2.45) is 7.05 Å². The molecule has 35 heavy (non-hydrogen) atoms. The molecular formula is C24H23FN8O2. The molecule has 0 aliphatic heterocycles. The Labute approximate surface area is 199 Å². The maximum atomic E-state index is 15.3. The van der Waals surface area contributed by atoms with Gasteiger partial charge in [0, 0.05) is 36.3 Å². The van der Waals surface area contributed by atoms with Crippen molar-refractivity contribution in [1.29, 1.82) is 0 Å². The number of hydrogen-bond acceptors (Lipinski definition) is 7. The Morgan fingerprint density at radius 1 is 1.14 bits per heavy atom. The first-order valence-electron chi connectivity index (χ1n) is 10.9. The molecule has 4 heterocycles. The summed E-state index contributed by atoms with van der Waals surface area (Å²) in [5.41, 5.74) is 3.07. The zero-order chi connectivity index (χ0) is 24.7. The van der Waals surface area contributed by atoms with Crippen molar-refractivity contribution >= 4 is 11.4 Å². The number of rotatable bonds is 5. The number of aryl methyl sites for hydroxylation is 1. The zero-order valence-electron chi connectivity index (χ0n) is 19.7. The highest BCUT2D eigenvalue weighted by Gasteiger charge is 2.24. The van der Waals surface area contributed by atoms with Gasteiger partial charge in [-0.2, -0.15) is 15.2 Å². The molecule has 0 aliphatic rings. The van der Waals surface area contributed by atoms with Crippen LogP contribution in [0.2, 0.25) is 0 Å². The van der Waals surface area contributed by atoms with Crippen LogP contribution in [0.25, 0.3) is 28.0 Å². The fraction of sp³-hybridized carbons (Fsp3) is 0.250. The van der Waals surface area contributed by atoms with Crippen molar-refractivity contribution in [3.05, 3.63) is 72.1 Å². The van der Waals surface area contributed by atoms with Crippen LogP contribution in [0, 0.1) is 5.82 Å². The Morgan fingerprint density at radius 2 is 1.97 bits per heavy atom. The lowest BCUT2D eigenvalue weighted by atomic mass is 9.97. The van der Waals surface area contributed by atoms with Crippen LogP contribution in [-0.2, 0) is 19.0 Å². The van der Waals surface area contributed by atoms with E-state index in [1.807, 2.05) is 34.0 Å². The smallest absolute Gasteiger partial charge is 0.292 e. The highest BCUT2D eigenvalue weighted by Crippen LogP contribution is 2.29. The van der Waals surface area contributed by atoms with Gasteiger partial charge in [-0.3, -0.25) is 9.48 Å². The molecule has 0 saturated heterocycles. The summed E-state index contributed by atoms with van der Waals surface area (Å²) in [5.74, 6) is -0.664. The molecule has 5 aromatic rings. The minimum Gasteiger partial charge on any atom is -0.345 e. The molecule has 1 aromatic carbocycles. The van der Waals surface area contributed by atoms with E-state index in [-0.39, 0.29) is 17.8 Å². The summed E-state index contributed by atoms with van der Waals surface area (Å²) in [5, 5.41) is 14.9. The van der Waals surface area contributed by atoms with Crippen LogP contribution >= 0.6 is 0 Å². The summed E-state index contributed by atoms with van der Waals surface area (Å²) in [4.78, 5) is 21.2. The van der Waals surface area contributed by atoms with Gasteiger partial charge in [-0.25, -0.2) is 13.9 Å². The Kier molecular flexibility index (Phi) is 5.39. The number of aromatic nitrogens is 7. The van der Waals surface area contributed by atoms with Crippen LogP contribution in [-0.4, -0.2) is 40.4 Å². The lowest BCUT2D eigenvalue weighted by molar-refractivity contribution is 0.0937. The average molecular weight is 475 g/mol. The first-order valence-corrected chi connectivity index (χ1v) is 10.9. The monoisotopic (exact) mass is 474 g/mol. The van der Waals surface area contributed by atoms with Crippen LogP contribution in [0.3, 0.4) is 0 Å². The number of nitrogens with zero attached hydrogens (tertiary/aromatic N) is 7. The summed E-state index contributed by atoms with van der Waals surface area (Å²) in [6, 6.07) is 6.53. The predicted molar refractivity (Wildman–Crippen MR) is 125 cm³/mol. The molecule has 4 aromatic heterocycles. The Balaban J connectivity index is 1.39. The van der Waals surface area contributed by atoms with Gasteiger partial charge in [0.05, 0.1) is 35.5 Å². The number of amides is 1. The van der Waals surface area contributed by atoms with Gasteiger partial charge in [-0.1, -0.05) is 32.0 Å². The second-order valence-electron chi connectivity index (χ2n) is 9.21. The van der Waals surface area contributed by atoms with Gasteiger partial charge >= 0.3 is 0 Å². The summed E-state index contributed by atoms with van der Waals surface area (Å²) < 4.78 is 23.7. The van der Waals surface area contributed by atoms with Crippen molar-refractivity contribution in [3.63, 3.8) is 0 Å². The van der Waals surface area contributed by atoms with E-state index in [0.29, 0.717) is 33.9 Å². The molecular weight excluding hydrogens is 451 g/mol. The van der Waals surface area contributed by atoms with E-state index in [2.05, 4.69) is 25.7 Å². The molecule has 0 fully saturated rings. The van der Waals surface area contributed by atoms with Gasteiger partial charge in [0.2, 0.25) is 5.89 Å². The zero-order valence-corrected chi connectivity index (χ0v) is 19.7. The van der Waals surface area contributed by atoms with Gasteiger partial charge in [0.15, 0.2) is 0 Å². The molecule has 1 N–H and O–H groups in total. The maximum Gasteiger partial charge on any atom is 0.292 e. The quantitative estimate of drug-likeness (QED) is 0.414. The number of benzene rings is 1. The number of carbonyl (C=O) groups is 1. The van der Waals surface area contributed by atoms with E-state index in [0.717, 1.165) is 5.56 Å². The van der Waals surface area contributed by atoms with Gasteiger partial charge in [-0.05, 0) is 23.8 Å². The topological polar surface area (TPSA) is 116 Å². The highest BCUT2D eigenvalue weighted by atomic mass is 19.1. The Morgan fingerprint density at radius 3 is 2.66 bits per heavy atom. The molecule has 0 aliphatic carbocycles. The van der Waals surface area contributed by atoms with E-state index in [9.17, 15) is 4.79 Å². The lowest BCUT2D eigenvalue weighted by Gasteiger charge is -2.10. The lowest BCUT2D eigenvalue weighted by Crippen LogP contribution is -2.24. The summed E-state index contributed by atoms with van der Waals surface area (Å²) in [6.45, 7) is 5.82. The number of hydrogen-bond donors (Lipinski definition) is 1. The number of fused-ring (bicyclic) bond motifs is 1.